The topological polar surface area (TPSA) is 70.0 Å². The van der Waals surface area contributed by atoms with Gasteiger partial charge in [0.05, 0.1) is 24.6 Å². The number of amides is 1. The van der Waals surface area contributed by atoms with Crippen molar-refractivity contribution in [2.24, 2.45) is 5.10 Å². The van der Waals surface area contributed by atoms with Crippen LogP contribution in [0, 0.1) is 6.92 Å². The Balaban J connectivity index is 2.07. The molecule has 0 aromatic heterocycles. The van der Waals surface area contributed by atoms with Gasteiger partial charge in [0.15, 0.2) is 0 Å². The van der Waals surface area contributed by atoms with Crippen LogP contribution in [0.5, 0.6) is 0 Å². The zero-order valence-electron chi connectivity index (χ0n) is 11.7. The molecule has 1 aromatic carbocycles. The average Bonchev–Trinajstić information content (AvgIpc) is 2.69. The normalized spacial score (nSPS) is 16.2. The van der Waals surface area contributed by atoms with Gasteiger partial charge in [0.25, 0.3) is 0 Å². The molecule has 1 aromatic rings. The molecule has 0 radical (unpaired) electrons. The lowest BCUT2D eigenvalue weighted by Gasteiger charge is -2.18. The van der Waals surface area contributed by atoms with Crippen molar-refractivity contribution in [2.45, 2.75) is 39.2 Å². The Morgan fingerprint density at radius 1 is 1.50 bits per heavy atom. The van der Waals surface area contributed by atoms with Gasteiger partial charge in [-0.25, -0.2) is 5.01 Å². The second kappa shape index (κ2) is 5.86. The summed E-state index contributed by atoms with van der Waals surface area (Å²) in [5.41, 5.74) is 3.07. The first-order valence-electron chi connectivity index (χ1n) is 6.61. The molecule has 1 N–H and O–H groups in total. The van der Waals surface area contributed by atoms with Crippen molar-refractivity contribution in [3.63, 3.8) is 0 Å². The number of carbonyl (C=O) groups excluding carboxylic acids is 1. The number of hydrazone groups is 1. The van der Waals surface area contributed by atoms with Gasteiger partial charge < -0.3 is 5.11 Å². The minimum Gasteiger partial charge on any atom is -0.481 e. The van der Waals surface area contributed by atoms with Gasteiger partial charge >= 0.3 is 5.97 Å². The number of hydrogen-bond acceptors (Lipinski definition) is 3. The van der Waals surface area contributed by atoms with E-state index in [0.29, 0.717) is 6.42 Å². The van der Waals surface area contributed by atoms with Crippen molar-refractivity contribution in [2.75, 3.05) is 0 Å². The third kappa shape index (κ3) is 3.44. The quantitative estimate of drug-likeness (QED) is 0.892. The molecule has 0 spiro atoms. The van der Waals surface area contributed by atoms with Crippen molar-refractivity contribution < 1.29 is 14.7 Å². The molecule has 5 heteroatoms. The van der Waals surface area contributed by atoms with E-state index in [0.717, 1.165) is 11.3 Å². The number of nitrogens with zero attached hydrogens (tertiary/aromatic N) is 2. The maximum Gasteiger partial charge on any atom is 0.305 e. The Morgan fingerprint density at radius 3 is 2.90 bits per heavy atom. The van der Waals surface area contributed by atoms with Crippen LogP contribution in [-0.2, 0) is 16.0 Å². The summed E-state index contributed by atoms with van der Waals surface area (Å²) in [6, 6.07) is 7.66. The standard InChI is InChI=1S/C15H18N2O3/c1-10-4-3-5-12(6-10)8-13-9-14(18)17(16-13)11(2)7-15(19)20/h3-6,11H,7-9H2,1-2H3,(H,19,20). The van der Waals surface area contributed by atoms with Crippen LogP contribution in [0.2, 0.25) is 0 Å². The summed E-state index contributed by atoms with van der Waals surface area (Å²) < 4.78 is 0. The molecule has 1 aliphatic rings. The number of carboxylic acid groups (broad SMARTS) is 1. The van der Waals surface area contributed by atoms with E-state index in [4.69, 9.17) is 5.11 Å². The van der Waals surface area contributed by atoms with Crippen molar-refractivity contribution in [1.82, 2.24) is 5.01 Å². The maximum atomic E-state index is 11.9. The number of benzene rings is 1. The summed E-state index contributed by atoms with van der Waals surface area (Å²) in [5, 5.41) is 14.4. The molecule has 2 rings (SSSR count). The largest absolute Gasteiger partial charge is 0.481 e. The number of carboxylic acids is 1. The molecule has 0 fully saturated rings. The monoisotopic (exact) mass is 274 g/mol. The Morgan fingerprint density at radius 2 is 2.25 bits per heavy atom. The van der Waals surface area contributed by atoms with Crippen molar-refractivity contribution >= 4 is 17.6 Å². The molecule has 1 heterocycles. The van der Waals surface area contributed by atoms with Gasteiger partial charge in [0.2, 0.25) is 5.91 Å². The molecule has 0 aliphatic carbocycles. The lowest BCUT2D eigenvalue weighted by molar-refractivity contribution is -0.139. The zero-order valence-corrected chi connectivity index (χ0v) is 11.7. The van der Waals surface area contributed by atoms with Gasteiger partial charge in [0, 0.05) is 6.42 Å². The number of aliphatic carboxylic acids is 1. The highest BCUT2D eigenvalue weighted by atomic mass is 16.4. The van der Waals surface area contributed by atoms with E-state index >= 15 is 0 Å². The summed E-state index contributed by atoms with van der Waals surface area (Å²) in [4.78, 5) is 22.6. The molecule has 0 saturated heterocycles. The third-order valence-corrected chi connectivity index (χ3v) is 3.24. The molecular formula is C15H18N2O3. The van der Waals surface area contributed by atoms with Crippen molar-refractivity contribution in [1.29, 1.82) is 0 Å². The van der Waals surface area contributed by atoms with E-state index in [1.54, 1.807) is 6.92 Å². The fraction of sp³-hybridized carbons (Fsp3) is 0.400. The highest BCUT2D eigenvalue weighted by Crippen LogP contribution is 2.17. The molecule has 1 aliphatic heterocycles. The van der Waals surface area contributed by atoms with Gasteiger partial charge in [-0.15, -0.1) is 0 Å². The smallest absolute Gasteiger partial charge is 0.305 e. The summed E-state index contributed by atoms with van der Waals surface area (Å²) >= 11 is 0. The molecule has 1 atom stereocenters. The molecule has 0 saturated carbocycles. The van der Waals surface area contributed by atoms with Gasteiger partial charge in [-0.3, -0.25) is 9.59 Å². The highest BCUT2D eigenvalue weighted by molar-refractivity contribution is 6.05. The molecule has 1 unspecified atom stereocenters. The van der Waals surface area contributed by atoms with Gasteiger partial charge in [-0.05, 0) is 19.4 Å². The minimum atomic E-state index is -0.923. The fourth-order valence-corrected chi connectivity index (χ4v) is 2.34. The van der Waals surface area contributed by atoms with Crippen LogP contribution in [0.3, 0.4) is 0 Å². The predicted octanol–water partition coefficient (Wildman–Crippen LogP) is 1.99. The Hall–Kier alpha value is -2.17. The molecular weight excluding hydrogens is 256 g/mol. The first-order valence-corrected chi connectivity index (χ1v) is 6.61. The first kappa shape index (κ1) is 14.2. The van der Waals surface area contributed by atoms with Gasteiger partial charge in [-0.2, -0.15) is 5.10 Å². The van der Waals surface area contributed by atoms with Crippen LogP contribution in [0.25, 0.3) is 0 Å². The Bertz CT molecular complexity index is 566. The summed E-state index contributed by atoms with van der Waals surface area (Å²) in [5.74, 6) is -1.05. The van der Waals surface area contributed by atoms with E-state index < -0.39 is 12.0 Å². The van der Waals surface area contributed by atoms with Gasteiger partial charge in [0.1, 0.15) is 0 Å². The molecule has 5 nitrogen and oxygen atoms in total. The van der Waals surface area contributed by atoms with E-state index in [9.17, 15) is 9.59 Å². The van der Waals surface area contributed by atoms with Crippen LogP contribution in [0.15, 0.2) is 29.4 Å². The maximum absolute atomic E-state index is 11.9. The van der Waals surface area contributed by atoms with Crippen LogP contribution >= 0.6 is 0 Å². The second-order valence-electron chi connectivity index (χ2n) is 5.19. The summed E-state index contributed by atoms with van der Waals surface area (Å²) in [7, 11) is 0. The van der Waals surface area contributed by atoms with Crippen molar-refractivity contribution in [3.05, 3.63) is 35.4 Å². The lowest BCUT2D eigenvalue weighted by Crippen LogP contribution is -2.32. The van der Waals surface area contributed by atoms with Crippen LogP contribution in [-0.4, -0.2) is 33.7 Å². The van der Waals surface area contributed by atoms with Crippen LogP contribution in [0.1, 0.15) is 30.9 Å². The molecule has 0 bridgehead atoms. The van der Waals surface area contributed by atoms with E-state index in [-0.39, 0.29) is 18.7 Å². The molecule has 106 valence electrons. The van der Waals surface area contributed by atoms with E-state index in [2.05, 4.69) is 11.2 Å². The highest BCUT2D eigenvalue weighted by Gasteiger charge is 2.28. The van der Waals surface area contributed by atoms with Crippen LogP contribution in [0.4, 0.5) is 0 Å². The minimum absolute atomic E-state index is 0.0903. The first-order chi connectivity index (χ1) is 9.45. The number of aryl methyl sites for hydroxylation is 1. The summed E-state index contributed by atoms with van der Waals surface area (Å²) in [6.45, 7) is 3.72. The average molecular weight is 274 g/mol. The Labute approximate surface area is 117 Å². The number of rotatable bonds is 5. The van der Waals surface area contributed by atoms with E-state index in [1.165, 1.54) is 10.6 Å². The predicted molar refractivity (Wildman–Crippen MR) is 75.5 cm³/mol. The molecule has 1 amide bonds. The second-order valence-corrected chi connectivity index (χ2v) is 5.19. The number of hydrogen-bond donors (Lipinski definition) is 1. The molecule has 20 heavy (non-hydrogen) atoms. The zero-order chi connectivity index (χ0) is 14.7. The van der Waals surface area contributed by atoms with Crippen molar-refractivity contribution in [3.8, 4) is 0 Å². The summed E-state index contributed by atoms with van der Waals surface area (Å²) in [6.07, 6.45) is 0.814. The third-order valence-electron chi connectivity index (χ3n) is 3.24. The number of carbonyl (C=O) groups is 2. The van der Waals surface area contributed by atoms with Crippen LogP contribution < -0.4 is 0 Å². The van der Waals surface area contributed by atoms with E-state index in [1.807, 2.05) is 25.1 Å². The fourth-order valence-electron chi connectivity index (χ4n) is 2.34. The Kier molecular flexibility index (Phi) is 4.17. The SMILES string of the molecule is Cc1cccc(CC2=NN(C(C)CC(=O)O)C(=O)C2)c1. The lowest BCUT2D eigenvalue weighted by atomic mass is 10.0. The van der Waals surface area contributed by atoms with Gasteiger partial charge in [-0.1, -0.05) is 29.8 Å².